The minimum absolute atomic E-state index is 0.107. The number of hydrogen-bond donors (Lipinski definition) is 1. The maximum atomic E-state index is 13.9. The highest BCUT2D eigenvalue weighted by Crippen LogP contribution is 2.29. The zero-order chi connectivity index (χ0) is 20.7. The van der Waals surface area contributed by atoms with Gasteiger partial charge in [0.2, 0.25) is 0 Å². The van der Waals surface area contributed by atoms with E-state index in [0.29, 0.717) is 5.75 Å². The predicted octanol–water partition coefficient (Wildman–Crippen LogP) is 4.57. The molecule has 0 unspecified atom stereocenters. The maximum absolute atomic E-state index is 13.9. The van der Waals surface area contributed by atoms with E-state index in [2.05, 4.69) is 9.97 Å². The number of thioether (sulfide) groups is 1. The predicted molar refractivity (Wildman–Crippen MR) is 105 cm³/mol. The standard InChI is InChI=1S/C19H12F3N3O2S2/c1-9-4-11(20)3-2-10(9)7-28-19-24-17-16(29-8-23-17)18(27)25(19)12-5-13(21)15(26)14(22)6-12/h2-6,8,26H,7H2,1H3. The second kappa shape index (κ2) is 7.53. The SMILES string of the molecule is Cc1cc(F)ccc1CSc1nc2ncsc2c(=O)n1-c1cc(F)c(O)c(F)c1. The van der Waals surface area contributed by atoms with Crippen molar-refractivity contribution in [3.63, 3.8) is 0 Å². The number of benzene rings is 2. The van der Waals surface area contributed by atoms with Gasteiger partial charge in [0.25, 0.3) is 5.56 Å². The van der Waals surface area contributed by atoms with Crippen LogP contribution in [-0.4, -0.2) is 19.6 Å². The van der Waals surface area contributed by atoms with Gasteiger partial charge in [-0.1, -0.05) is 17.8 Å². The smallest absolute Gasteiger partial charge is 0.278 e. The molecule has 0 amide bonds. The number of aryl methyl sites for hydroxylation is 1. The summed E-state index contributed by atoms with van der Waals surface area (Å²) in [5.41, 5.74) is 2.60. The van der Waals surface area contributed by atoms with E-state index in [-0.39, 0.29) is 27.0 Å². The molecule has 0 saturated heterocycles. The minimum Gasteiger partial charge on any atom is -0.503 e. The van der Waals surface area contributed by atoms with Crippen LogP contribution >= 0.6 is 23.1 Å². The van der Waals surface area contributed by atoms with Crippen LogP contribution in [0.2, 0.25) is 0 Å². The summed E-state index contributed by atoms with van der Waals surface area (Å²) >= 11 is 2.22. The summed E-state index contributed by atoms with van der Waals surface area (Å²) in [6.45, 7) is 1.76. The van der Waals surface area contributed by atoms with Crippen LogP contribution in [0.25, 0.3) is 16.0 Å². The fraction of sp³-hybridized carbons (Fsp3) is 0.105. The van der Waals surface area contributed by atoms with E-state index in [1.807, 2.05) is 0 Å². The lowest BCUT2D eigenvalue weighted by Gasteiger charge is -2.13. The summed E-state index contributed by atoms with van der Waals surface area (Å²) in [7, 11) is 0. The summed E-state index contributed by atoms with van der Waals surface area (Å²) in [6.07, 6.45) is 0. The van der Waals surface area contributed by atoms with Gasteiger partial charge in [-0.15, -0.1) is 11.3 Å². The van der Waals surface area contributed by atoms with Gasteiger partial charge in [0, 0.05) is 17.9 Å². The quantitative estimate of drug-likeness (QED) is 0.376. The first-order valence-electron chi connectivity index (χ1n) is 8.27. The lowest BCUT2D eigenvalue weighted by Crippen LogP contribution is -2.21. The van der Waals surface area contributed by atoms with Crippen LogP contribution < -0.4 is 5.56 Å². The number of phenolic OH excluding ortho intramolecular Hbond substituents is 1. The Labute approximate surface area is 170 Å². The van der Waals surface area contributed by atoms with Gasteiger partial charge in [-0.25, -0.2) is 23.1 Å². The molecular formula is C19H12F3N3O2S2. The van der Waals surface area contributed by atoms with Crippen molar-refractivity contribution in [2.45, 2.75) is 17.8 Å². The van der Waals surface area contributed by atoms with Crippen molar-refractivity contribution < 1.29 is 18.3 Å². The molecule has 2 aromatic carbocycles. The fourth-order valence-corrected chi connectivity index (χ4v) is 4.50. The normalized spacial score (nSPS) is 11.3. The van der Waals surface area contributed by atoms with Crippen molar-refractivity contribution in [1.82, 2.24) is 14.5 Å². The number of nitrogens with zero attached hydrogens (tertiary/aromatic N) is 3. The number of aromatic hydroxyl groups is 1. The molecule has 4 rings (SSSR count). The molecule has 5 nitrogen and oxygen atoms in total. The first-order valence-corrected chi connectivity index (χ1v) is 10.1. The average molecular weight is 435 g/mol. The Hall–Kier alpha value is -2.85. The van der Waals surface area contributed by atoms with E-state index in [9.17, 15) is 23.1 Å². The van der Waals surface area contributed by atoms with Gasteiger partial charge in [-0.05, 0) is 30.2 Å². The third-order valence-corrected chi connectivity index (χ3v) is 6.05. The third-order valence-electron chi connectivity index (χ3n) is 4.26. The third kappa shape index (κ3) is 3.60. The molecule has 0 aliphatic carbocycles. The van der Waals surface area contributed by atoms with Crippen LogP contribution in [0.1, 0.15) is 11.1 Å². The second-order valence-corrected chi connectivity index (χ2v) is 7.95. The van der Waals surface area contributed by atoms with Crippen LogP contribution in [-0.2, 0) is 5.75 Å². The average Bonchev–Trinajstić information content (AvgIpc) is 3.14. The summed E-state index contributed by atoms with van der Waals surface area (Å²) in [4.78, 5) is 21.4. The summed E-state index contributed by atoms with van der Waals surface area (Å²) in [5, 5.41) is 9.53. The number of rotatable bonds is 4. The number of hydrogen-bond acceptors (Lipinski definition) is 6. The van der Waals surface area contributed by atoms with Crippen LogP contribution in [0.15, 0.2) is 45.8 Å². The Kier molecular flexibility index (Phi) is 5.05. The summed E-state index contributed by atoms with van der Waals surface area (Å²) in [5.74, 6) is -3.52. The molecule has 148 valence electrons. The number of halogens is 3. The van der Waals surface area contributed by atoms with Crippen LogP contribution in [0.5, 0.6) is 5.75 Å². The van der Waals surface area contributed by atoms with Crippen molar-refractivity contribution in [2.75, 3.05) is 0 Å². The largest absolute Gasteiger partial charge is 0.503 e. The van der Waals surface area contributed by atoms with Crippen molar-refractivity contribution in [2.24, 2.45) is 0 Å². The fourth-order valence-electron chi connectivity index (χ4n) is 2.76. The van der Waals surface area contributed by atoms with Gasteiger partial charge in [0.1, 0.15) is 10.5 Å². The van der Waals surface area contributed by atoms with Crippen molar-refractivity contribution >= 4 is 33.4 Å². The van der Waals surface area contributed by atoms with E-state index < -0.39 is 22.9 Å². The molecule has 1 N–H and O–H groups in total. The zero-order valence-electron chi connectivity index (χ0n) is 14.8. The second-order valence-electron chi connectivity index (χ2n) is 6.16. The highest BCUT2D eigenvalue weighted by Gasteiger charge is 2.19. The highest BCUT2D eigenvalue weighted by molar-refractivity contribution is 7.98. The molecule has 2 heterocycles. The van der Waals surface area contributed by atoms with Gasteiger partial charge in [0.15, 0.2) is 28.2 Å². The van der Waals surface area contributed by atoms with E-state index in [1.165, 1.54) is 17.6 Å². The van der Waals surface area contributed by atoms with Gasteiger partial charge < -0.3 is 5.11 Å². The van der Waals surface area contributed by atoms with Crippen molar-refractivity contribution in [1.29, 1.82) is 0 Å². The van der Waals surface area contributed by atoms with Crippen LogP contribution in [0.4, 0.5) is 13.2 Å². The first-order chi connectivity index (χ1) is 13.8. The highest BCUT2D eigenvalue weighted by atomic mass is 32.2. The van der Waals surface area contributed by atoms with E-state index in [4.69, 9.17) is 0 Å². The van der Waals surface area contributed by atoms with Gasteiger partial charge >= 0.3 is 0 Å². The molecule has 10 heteroatoms. The Bertz CT molecular complexity index is 1280. The molecule has 0 atom stereocenters. The van der Waals surface area contributed by atoms with E-state index in [0.717, 1.165) is 50.9 Å². The van der Waals surface area contributed by atoms with Gasteiger partial charge in [0.05, 0.1) is 11.2 Å². The molecule has 4 aromatic rings. The molecule has 0 bridgehead atoms. The molecule has 2 aromatic heterocycles. The molecule has 0 spiro atoms. The minimum atomic E-state index is -1.19. The summed E-state index contributed by atoms with van der Waals surface area (Å²) in [6, 6.07) is 6.08. The molecule has 0 aliphatic rings. The van der Waals surface area contributed by atoms with Crippen molar-refractivity contribution in [3.8, 4) is 11.4 Å². The Morgan fingerprint density at radius 1 is 1.17 bits per heavy atom. The summed E-state index contributed by atoms with van der Waals surface area (Å²) < 4.78 is 42.5. The van der Waals surface area contributed by atoms with Gasteiger partial charge in [-0.2, -0.15) is 0 Å². The lowest BCUT2D eigenvalue weighted by molar-refractivity contribution is 0.395. The molecule has 0 radical (unpaired) electrons. The molecule has 29 heavy (non-hydrogen) atoms. The molecule has 0 saturated carbocycles. The Morgan fingerprint density at radius 3 is 2.59 bits per heavy atom. The Morgan fingerprint density at radius 2 is 1.90 bits per heavy atom. The molecule has 0 fully saturated rings. The van der Waals surface area contributed by atoms with Crippen LogP contribution in [0.3, 0.4) is 0 Å². The zero-order valence-corrected chi connectivity index (χ0v) is 16.5. The number of fused-ring (bicyclic) bond motifs is 1. The number of phenols is 1. The van der Waals surface area contributed by atoms with Crippen molar-refractivity contribution in [3.05, 3.63) is 74.8 Å². The molecule has 0 aliphatic heterocycles. The van der Waals surface area contributed by atoms with E-state index in [1.54, 1.807) is 13.0 Å². The topological polar surface area (TPSA) is 68.0 Å². The maximum Gasteiger partial charge on any atom is 0.278 e. The molecular weight excluding hydrogens is 423 g/mol. The van der Waals surface area contributed by atoms with Crippen LogP contribution in [0, 0.1) is 24.4 Å². The lowest BCUT2D eigenvalue weighted by atomic mass is 10.1. The monoisotopic (exact) mass is 435 g/mol. The first kappa shape index (κ1) is 19.5. The number of aromatic nitrogens is 3. The van der Waals surface area contributed by atoms with Gasteiger partial charge in [-0.3, -0.25) is 9.36 Å². The number of thiazole rings is 1. The Balaban J connectivity index is 1.84. The van der Waals surface area contributed by atoms with E-state index >= 15 is 0 Å².